The molecular weight excluding hydrogens is 330 g/mol. The van der Waals surface area contributed by atoms with E-state index in [0.717, 1.165) is 16.2 Å². The third-order valence-electron chi connectivity index (χ3n) is 3.52. The van der Waals surface area contributed by atoms with E-state index in [1.54, 1.807) is 31.4 Å². The van der Waals surface area contributed by atoms with Crippen LogP contribution in [0.4, 0.5) is 4.79 Å². The Morgan fingerprint density at radius 1 is 1.12 bits per heavy atom. The van der Waals surface area contributed by atoms with Gasteiger partial charge in [0.1, 0.15) is 12.4 Å². The van der Waals surface area contributed by atoms with Crippen LogP contribution in [-0.4, -0.2) is 37.2 Å². The molecule has 0 bridgehead atoms. The summed E-state index contributed by atoms with van der Waals surface area (Å²) in [5.41, 5.74) is 2.16. The van der Waals surface area contributed by atoms with Crippen LogP contribution in [0.5, 0.6) is 5.75 Å². The number of imide groups is 1. The molecule has 0 spiro atoms. The van der Waals surface area contributed by atoms with E-state index in [0.29, 0.717) is 6.54 Å². The van der Waals surface area contributed by atoms with E-state index >= 15 is 0 Å². The molecule has 1 saturated heterocycles. The zero-order valence-corrected chi connectivity index (χ0v) is 15.3. The lowest BCUT2D eigenvalue weighted by Gasteiger charge is -2.10. The number of nitrogens with zero attached hydrogens (tertiary/aromatic N) is 1. The second kappa shape index (κ2) is 11.5. The standard InChI is InChI=1S/C12H13NO4.C7H8.C2H4/c1-16-10-4-2-9(3-5-10)8-11(14)13-6-7-17-12(13)15;1-7-5-3-2-4-6-7;1-2/h2-5H,6-8H2,1H3;2-6H,1H3;1-2H2. The topological polar surface area (TPSA) is 55.8 Å². The Hall–Kier alpha value is -3.08. The van der Waals surface area contributed by atoms with Gasteiger partial charge in [0.2, 0.25) is 5.91 Å². The molecule has 0 atom stereocenters. The summed E-state index contributed by atoms with van der Waals surface area (Å²) in [5.74, 6) is 0.499. The van der Waals surface area contributed by atoms with Crippen LogP contribution in [0.1, 0.15) is 11.1 Å². The molecule has 5 heteroatoms. The van der Waals surface area contributed by atoms with Crippen molar-refractivity contribution in [3.8, 4) is 5.75 Å². The van der Waals surface area contributed by atoms with Crippen LogP contribution in [0, 0.1) is 6.92 Å². The van der Waals surface area contributed by atoms with Crippen LogP contribution in [0.25, 0.3) is 0 Å². The lowest BCUT2D eigenvalue weighted by atomic mass is 10.1. The van der Waals surface area contributed by atoms with Crippen molar-refractivity contribution in [2.45, 2.75) is 13.3 Å². The van der Waals surface area contributed by atoms with Crippen LogP contribution < -0.4 is 4.74 Å². The van der Waals surface area contributed by atoms with Crippen molar-refractivity contribution >= 4 is 12.0 Å². The van der Waals surface area contributed by atoms with Gasteiger partial charge in [-0.25, -0.2) is 9.69 Å². The Labute approximate surface area is 154 Å². The second-order valence-electron chi connectivity index (χ2n) is 5.34. The number of benzene rings is 2. The van der Waals surface area contributed by atoms with Gasteiger partial charge in [-0.1, -0.05) is 48.0 Å². The molecule has 2 aromatic rings. The minimum Gasteiger partial charge on any atom is -0.497 e. The van der Waals surface area contributed by atoms with Crippen LogP contribution in [0.15, 0.2) is 67.8 Å². The molecule has 5 nitrogen and oxygen atoms in total. The fraction of sp³-hybridized carbons (Fsp3) is 0.238. The Morgan fingerprint density at radius 3 is 2.15 bits per heavy atom. The molecule has 0 aromatic heterocycles. The number of aryl methyl sites for hydroxylation is 1. The summed E-state index contributed by atoms with van der Waals surface area (Å²) in [6.07, 6.45) is -0.359. The predicted molar refractivity (Wildman–Crippen MR) is 102 cm³/mol. The third-order valence-corrected chi connectivity index (χ3v) is 3.52. The number of carbonyl (C=O) groups is 2. The highest BCUT2D eigenvalue weighted by molar-refractivity contribution is 5.94. The number of cyclic esters (lactones) is 1. The maximum absolute atomic E-state index is 11.8. The third kappa shape index (κ3) is 6.81. The van der Waals surface area contributed by atoms with Gasteiger partial charge in [-0.2, -0.15) is 0 Å². The van der Waals surface area contributed by atoms with Crippen molar-refractivity contribution in [3.05, 3.63) is 78.9 Å². The molecule has 2 aromatic carbocycles. The number of hydrogen-bond donors (Lipinski definition) is 0. The van der Waals surface area contributed by atoms with E-state index in [-0.39, 0.29) is 18.9 Å². The van der Waals surface area contributed by atoms with Crippen molar-refractivity contribution in [2.24, 2.45) is 0 Å². The highest BCUT2D eigenvalue weighted by atomic mass is 16.6. The highest BCUT2D eigenvalue weighted by Gasteiger charge is 2.27. The largest absolute Gasteiger partial charge is 0.497 e. The summed E-state index contributed by atoms with van der Waals surface area (Å²) in [5, 5.41) is 0. The monoisotopic (exact) mass is 355 g/mol. The first-order valence-electron chi connectivity index (χ1n) is 8.22. The van der Waals surface area contributed by atoms with Gasteiger partial charge in [0.25, 0.3) is 0 Å². The molecule has 0 saturated carbocycles. The predicted octanol–water partition coefficient (Wildman–Crippen LogP) is 4.01. The molecule has 0 N–H and O–H groups in total. The highest BCUT2D eigenvalue weighted by Crippen LogP contribution is 2.13. The molecule has 3 rings (SSSR count). The molecule has 26 heavy (non-hydrogen) atoms. The van der Waals surface area contributed by atoms with Crippen LogP contribution >= 0.6 is 0 Å². The molecular formula is C21H25NO4. The average Bonchev–Trinajstić information content (AvgIpc) is 3.11. The summed E-state index contributed by atoms with van der Waals surface area (Å²) in [4.78, 5) is 24.1. The van der Waals surface area contributed by atoms with Crippen LogP contribution in [-0.2, 0) is 16.0 Å². The SMILES string of the molecule is C=C.COc1ccc(CC(=O)N2CCOC2=O)cc1.Cc1ccccc1. The lowest BCUT2D eigenvalue weighted by molar-refractivity contribution is -0.127. The van der Waals surface area contributed by atoms with Gasteiger partial charge in [-0.3, -0.25) is 4.79 Å². The number of ether oxygens (including phenoxy) is 2. The molecule has 2 amide bonds. The van der Waals surface area contributed by atoms with Crippen molar-refractivity contribution in [3.63, 3.8) is 0 Å². The van der Waals surface area contributed by atoms with Crippen molar-refractivity contribution in [1.82, 2.24) is 4.90 Å². The van der Waals surface area contributed by atoms with E-state index in [1.807, 2.05) is 18.2 Å². The van der Waals surface area contributed by atoms with E-state index in [4.69, 9.17) is 9.47 Å². The number of carbonyl (C=O) groups excluding carboxylic acids is 2. The molecule has 1 fully saturated rings. The molecule has 0 unspecified atom stereocenters. The van der Waals surface area contributed by atoms with E-state index in [9.17, 15) is 9.59 Å². The number of methoxy groups -OCH3 is 1. The molecule has 1 aliphatic heterocycles. The Kier molecular flexibility index (Phi) is 9.25. The first-order chi connectivity index (χ1) is 12.6. The van der Waals surface area contributed by atoms with E-state index in [1.165, 1.54) is 5.56 Å². The summed E-state index contributed by atoms with van der Waals surface area (Å²) < 4.78 is 9.73. The molecule has 138 valence electrons. The molecule has 0 aliphatic carbocycles. The van der Waals surface area contributed by atoms with Crippen molar-refractivity contribution in [2.75, 3.05) is 20.3 Å². The molecule has 0 radical (unpaired) electrons. The quantitative estimate of drug-likeness (QED) is 0.781. The zero-order chi connectivity index (χ0) is 19.4. The van der Waals surface area contributed by atoms with Gasteiger partial charge < -0.3 is 9.47 Å². The summed E-state index contributed by atoms with van der Waals surface area (Å²) in [7, 11) is 1.58. The van der Waals surface area contributed by atoms with Crippen LogP contribution in [0.3, 0.4) is 0 Å². The second-order valence-corrected chi connectivity index (χ2v) is 5.34. The van der Waals surface area contributed by atoms with Crippen LogP contribution in [0.2, 0.25) is 0 Å². The first-order valence-corrected chi connectivity index (χ1v) is 8.22. The number of amides is 2. The van der Waals surface area contributed by atoms with Gasteiger partial charge in [-0.05, 0) is 24.6 Å². The Morgan fingerprint density at radius 2 is 1.73 bits per heavy atom. The summed E-state index contributed by atoms with van der Waals surface area (Å²) in [6.45, 7) is 8.71. The Bertz CT molecular complexity index is 683. The smallest absolute Gasteiger partial charge is 0.416 e. The van der Waals surface area contributed by atoms with Gasteiger partial charge in [-0.15, -0.1) is 13.2 Å². The zero-order valence-electron chi connectivity index (χ0n) is 15.3. The molecule has 1 heterocycles. The number of hydrogen-bond acceptors (Lipinski definition) is 4. The average molecular weight is 355 g/mol. The fourth-order valence-corrected chi connectivity index (χ4v) is 2.17. The summed E-state index contributed by atoms with van der Waals surface area (Å²) in [6, 6.07) is 17.4. The van der Waals surface area contributed by atoms with Gasteiger partial charge in [0.05, 0.1) is 20.1 Å². The normalized spacial score (nSPS) is 12.1. The van der Waals surface area contributed by atoms with E-state index in [2.05, 4.69) is 32.2 Å². The lowest BCUT2D eigenvalue weighted by Crippen LogP contribution is -2.32. The van der Waals surface area contributed by atoms with Crippen molar-refractivity contribution < 1.29 is 19.1 Å². The Balaban J connectivity index is 0.000000313. The maximum Gasteiger partial charge on any atom is 0.416 e. The van der Waals surface area contributed by atoms with Crippen molar-refractivity contribution in [1.29, 1.82) is 0 Å². The van der Waals surface area contributed by atoms with Gasteiger partial charge in [0, 0.05) is 0 Å². The molecule has 1 aliphatic rings. The van der Waals surface area contributed by atoms with E-state index < -0.39 is 6.09 Å². The minimum atomic E-state index is -0.552. The fourth-order valence-electron chi connectivity index (χ4n) is 2.17. The first kappa shape index (κ1) is 21.0. The number of rotatable bonds is 3. The maximum atomic E-state index is 11.8. The van der Waals surface area contributed by atoms with Gasteiger partial charge >= 0.3 is 6.09 Å². The minimum absolute atomic E-state index is 0.194. The summed E-state index contributed by atoms with van der Waals surface area (Å²) >= 11 is 0. The van der Waals surface area contributed by atoms with Gasteiger partial charge in [0.15, 0.2) is 0 Å².